The van der Waals surface area contributed by atoms with E-state index in [0.29, 0.717) is 6.61 Å². The van der Waals surface area contributed by atoms with Crippen LogP contribution in [-0.4, -0.2) is 43.7 Å². The number of ether oxygens (including phenoxy) is 1. The van der Waals surface area contributed by atoms with Gasteiger partial charge in [-0.2, -0.15) is 0 Å². The van der Waals surface area contributed by atoms with Gasteiger partial charge < -0.3 is 33.2 Å². The van der Waals surface area contributed by atoms with Crippen LogP contribution in [0.25, 0.3) is 0 Å². The van der Waals surface area contributed by atoms with Crippen LogP contribution < -0.4 is 24.0 Å². The third-order valence-corrected chi connectivity index (χ3v) is 3.82. The highest BCUT2D eigenvalue weighted by molar-refractivity contribution is 5.75. The van der Waals surface area contributed by atoms with Gasteiger partial charge >= 0.3 is 5.97 Å². The molecule has 0 amide bonds. The third kappa shape index (κ3) is 6.92. The van der Waals surface area contributed by atoms with Crippen LogP contribution in [0.4, 0.5) is 0 Å². The molecule has 0 unspecified atom stereocenters. The van der Waals surface area contributed by atoms with E-state index in [9.17, 15) is 4.79 Å². The molecule has 0 bridgehead atoms. The lowest BCUT2D eigenvalue weighted by Gasteiger charge is -2.32. The van der Waals surface area contributed by atoms with E-state index in [1.807, 2.05) is 13.8 Å². The van der Waals surface area contributed by atoms with Crippen molar-refractivity contribution in [2.75, 3.05) is 33.3 Å². The van der Waals surface area contributed by atoms with E-state index in [2.05, 4.69) is 27.8 Å². The highest BCUT2D eigenvalue weighted by Gasteiger charge is 2.28. The van der Waals surface area contributed by atoms with E-state index >= 15 is 0 Å². The average Bonchev–Trinajstić information content (AvgIpc) is 2.28. The van der Waals surface area contributed by atoms with Crippen LogP contribution in [0, 0.1) is 5.41 Å². The molecule has 0 radical (unpaired) electrons. The molecule has 0 aliphatic rings. The monoisotopic (exact) mass is 371 g/mol. The third-order valence-electron chi connectivity index (χ3n) is 3.82. The Kier molecular flexibility index (Phi) is 10.4. The van der Waals surface area contributed by atoms with Gasteiger partial charge in [0, 0.05) is 0 Å². The van der Waals surface area contributed by atoms with E-state index in [1.54, 1.807) is 0 Å². The van der Waals surface area contributed by atoms with Crippen LogP contribution in [0.3, 0.4) is 0 Å². The number of quaternary nitrogens is 1. The van der Waals surface area contributed by atoms with Crippen LogP contribution >= 0.6 is 0 Å². The topological polar surface area (TPSA) is 26.3 Å². The van der Waals surface area contributed by atoms with E-state index in [1.165, 1.54) is 0 Å². The normalized spacial score (nSPS) is 11.9. The van der Waals surface area contributed by atoms with Crippen LogP contribution in [0.5, 0.6) is 0 Å². The van der Waals surface area contributed by atoms with Gasteiger partial charge in [-0.1, -0.05) is 13.3 Å². The fraction of sp³-hybridized carbons (Fsp3) is 0.929. The lowest BCUT2D eigenvalue weighted by molar-refractivity contribution is -0.906. The number of halogens is 1. The van der Waals surface area contributed by atoms with E-state index in [4.69, 9.17) is 4.74 Å². The van der Waals surface area contributed by atoms with Crippen molar-refractivity contribution in [3.63, 3.8) is 0 Å². The maximum Gasteiger partial charge on any atom is 0.311 e. The predicted molar refractivity (Wildman–Crippen MR) is 71.8 cm³/mol. The highest BCUT2D eigenvalue weighted by Crippen LogP contribution is 2.23. The van der Waals surface area contributed by atoms with E-state index < -0.39 is 0 Å². The zero-order valence-corrected chi connectivity index (χ0v) is 15.0. The molecule has 0 saturated heterocycles. The Morgan fingerprint density at radius 3 is 2.06 bits per heavy atom. The molecule has 0 aliphatic heterocycles. The fourth-order valence-corrected chi connectivity index (χ4v) is 1.82. The summed E-state index contributed by atoms with van der Waals surface area (Å²) < 4.78 is 6.36. The zero-order valence-electron chi connectivity index (χ0n) is 12.9. The quantitative estimate of drug-likeness (QED) is 0.337. The van der Waals surface area contributed by atoms with Crippen molar-refractivity contribution in [1.82, 2.24) is 0 Å². The van der Waals surface area contributed by atoms with Crippen LogP contribution in [0.1, 0.15) is 47.5 Å². The Morgan fingerprint density at radius 1 is 1.17 bits per heavy atom. The smallest absolute Gasteiger partial charge is 0.311 e. The minimum atomic E-state index is -0.337. The molecule has 0 atom stereocenters. The van der Waals surface area contributed by atoms with Crippen molar-refractivity contribution in [2.45, 2.75) is 47.5 Å². The molecular weight excluding hydrogens is 341 g/mol. The van der Waals surface area contributed by atoms with Gasteiger partial charge in [0.05, 0.1) is 25.6 Å². The van der Waals surface area contributed by atoms with Crippen molar-refractivity contribution in [2.24, 2.45) is 5.41 Å². The largest absolute Gasteiger partial charge is 1.00 e. The van der Waals surface area contributed by atoms with Crippen LogP contribution in [0.2, 0.25) is 0 Å². The number of hydrogen-bond donors (Lipinski definition) is 0. The summed E-state index contributed by atoms with van der Waals surface area (Å²) in [4.78, 5) is 11.9. The van der Waals surface area contributed by atoms with Gasteiger partial charge in [0.15, 0.2) is 0 Å². The summed E-state index contributed by atoms with van der Waals surface area (Å²) in [6, 6.07) is 0. The Hall–Kier alpha value is 0.160. The van der Waals surface area contributed by atoms with Gasteiger partial charge in [-0.05, 0) is 34.1 Å². The van der Waals surface area contributed by atoms with Gasteiger partial charge in [0.25, 0.3) is 0 Å². The summed E-state index contributed by atoms with van der Waals surface area (Å²) in [5.74, 6) is -0.0573. The molecule has 0 fully saturated rings. The van der Waals surface area contributed by atoms with Gasteiger partial charge in [-0.15, -0.1) is 0 Å². The van der Waals surface area contributed by atoms with Gasteiger partial charge in [0.2, 0.25) is 0 Å². The number of likely N-dealkylation sites (N-methyl/N-ethyl adjacent to an activating group) is 1. The summed E-state index contributed by atoms with van der Waals surface area (Å²) in [6.45, 7) is 14.0. The molecule has 0 saturated carbocycles. The Balaban J connectivity index is 0. The van der Waals surface area contributed by atoms with E-state index in [0.717, 1.165) is 37.0 Å². The molecule has 110 valence electrons. The lowest BCUT2D eigenvalue weighted by atomic mass is 9.88. The van der Waals surface area contributed by atoms with Crippen molar-refractivity contribution in [1.29, 1.82) is 0 Å². The minimum Gasteiger partial charge on any atom is -1.00 e. The number of rotatable bonds is 8. The van der Waals surface area contributed by atoms with Gasteiger partial charge in [-0.3, -0.25) is 4.79 Å². The summed E-state index contributed by atoms with van der Waals surface area (Å²) >= 11 is 0. The molecule has 3 nitrogen and oxygen atoms in total. The van der Waals surface area contributed by atoms with Crippen LogP contribution in [-0.2, 0) is 9.53 Å². The molecule has 18 heavy (non-hydrogen) atoms. The Labute approximate surface area is 130 Å². The number of esters is 1. The first kappa shape index (κ1) is 20.5. The SMILES string of the molecule is CCCC(C)(C)C(=O)OCC[N+](C)(CC)CC.[I-]. The second-order valence-corrected chi connectivity index (χ2v) is 5.75. The number of hydrogen-bond acceptors (Lipinski definition) is 2. The molecular formula is C14H30INO2. The van der Waals surface area contributed by atoms with Crippen molar-refractivity contribution >= 4 is 5.97 Å². The first-order chi connectivity index (χ1) is 7.81. The standard InChI is InChI=1S/C14H30NO2.HI/c1-7-10-14(4,5)13(16)17-12-11-15(6,8-2)9-3;/h7-12H2,1-6H3;1H/q+1;/p-1. The number of carbonyl (C=O) groups excluding carboxylic acids is 1. The van der Waals surface area contributed by atoms with Gasteiger partial charge in [-0.25, -0.2) is 0 Å². The van der Waals surface area contributed by atoms with Crippen molar-refractivity contribution in [3.05, 3.63) is 0 Å². The Bertz CT molecular complexity index is 238. The maximum absolute atomic E-state index is 11.9. The summed E-state index contributed by atoms with van der Waals surface area (Å²) in [5.41, 5.74) is -0.337. The first-order valence-corrected chi connectivity index (χ1v) is 6.82. The average molecular weight is 371 g/mol. The number of nitrogens with zero attached hydrogens (tertiary/aromatic N) is 1. The maximum atomic E-state index is 11.9. The molecule has 0 aromatic rings. The molecule has 0 spiro atoms. The molecule has 0 heterocycles. The molecule has 0 aromatic carbocycles. The molecule has 0 aliphatic carbocycles. The number of carbonyl (C=O) groups is 1. The fourth-order valence-electron chi connectivity index (χ4n) is 1.82. The highest BCUT2D eigenvalue weighted by atomic mass is 127. The summed E-state index contributed by atoms with van der Waals surface area (Å²) in [6.07, 6.45) is 1.90. The second kappa shape index (κ2) is 9.13. The van der Waals surface area contributed by atoms with Gasteiger partial charge in [0.1, 0.15) is 13.2 Å². The van der Waals surface area contributed by atoms with Crippen molar-refractivity contribution < 1.29 is 38.0 Å². The zero-order chi connectivity index (χ0) is 13.5. The minimum absolute atomic E-state index is 0. The second-order valence-electron chi connectivity index (χ2n) is 5.75. The van der Waals surface area contributed by atoms with E-state index in [-0.39, 0.29) is 35.4 Å². The Morgan fingerprint density at radius 2 is 1.67 bits per heavy atom. The molecule has 4 heteroatoms. The summed E-state index contributed by atoms with van der Waals surface area (Å²) in [7, 11) is 2.20. The summed E-state index contributed by atoms with van der Waals surface area (Å²) in [5, 5.41) is 0. The molecule has 0 N–H and O–H groups in total. The van der Waals surface area contributed by atoms with Crippen molar-refractivity contribution in [3.8, 4) is 0 Å². The predicted octanol–water partition coefficient (Wildman–Crippen LogP) is -0.154. The van der Waals surface area contributed by atoms with Crippen LogP contribution in [0.15, 0.2) is 0 Å². The first-order valence-electron chi connectivity index (χ1n) is 6.82. The molecule has 0 rings (SSSR count). The molecule has 0 aromatic heterocycles. The lowest BCUT2D eigenvalue weighted by Crippen LogP contribution is -3.00.